The number of thiophene rings is 1. The molecule has 0 atom stereocenters. The molecule has 0 radical (unpaired) electrons. The molecule has 0 bridgehead atoms. The van der Waals surface area contributed by atoms with Gasteiger partial charge in [-0.15, -0.1) is 11.3 Å². The van der Waals surface area contributed by atoms with Crippen molar-refractivity contribution in [1.82, 2.24) is 5.43 Å². The van der Waals surface area contributed by atoms with Crippen LogP contribution in [-0.4, -0.2) is 18.6 Å². The maximum absolute atomic E-state index is 12.4. The molecule has 0 saturated heterocycles. The fraction of sp³-hybridized carbons (Fsp3) is 0.500. The second-order valence-electron chi connectivity index (χ2n) is 8.43. The van der Waals surface area contributed by atoms with Crippen LogP contribution in [0.2, 0.25) is 5.02 Å². The maximum Gasteiger partial charge on any atom is 0.338 e. The molecule has 2 aromatic rings. The number of carbonyl (C=O) groups is 2. The van der Waals surface area contributed by atoms with Gasteiger partial charge in [-0.1, -0.05) is 76.3 Å². The number of benzene rings is 1. The van der Waals surface area contributed by atoms with Crippen molar-refractivity contribution < 1.29 is 14.3 Å². The Kier molecular flexibility index (Phi) is 13.0. The fourth-order valence-corrected chi connectivity index (χ4v) is 4.52. The van der Waals surface area contributed by atoms with Crippen molar-refractivity contribution in [2.75, 3.05) is 17.3 Å². The van der Waals surface area contributed by atoms with E-state index in [1.54, 1.807) is 12.1 Å². The number of hydrogen-bond acceptors (Lipinski definition) is 6. The van der Waals surface area contributed by atoms with Crippen molar-refractivity contribution in [3.05, 3.63) is 45.3 Å². The average Bonchev–Trinajstić information content (AvgIpc) is 3.22. The third kappa shape index (κ3) is 10.6. The highest BCUT2D eigenvalue weighted by Gasteiger charge is 2.13. The Morgan fingerprint density at radius 2 is 1.69 bits per heavy atom. The molecule has 0 aliphatic carbocycles. The molecule has 7 nitrogen and oxygen atoms in total. The van der Waals surface area contributed by atoms with Crippen LogP contribution in [0.4, 0.5) is 15.5 Å². The monoisotopic (exact) mass is 518 g/mol. The predicted octanol–water partition coefficient (Wildman–Crippen LogP) is 7.81. The summed E-state index contributed by atoms with van der Waals surface area (Å²) in [4.78, 5) is 25.6. The molecule has 9 heteroatoms. The lowest BCUT2D eigenvalue weighted by molar-refractivity contribution is 0.0497. The number of halogens is 1. The van der Waals surface area contributed by atoms with Gasteiger partial charge in [-0.2, -0.15) is 5.26 Å². The Balaban J connectivity index is 1.70. The molecular weight excluding hydrogens is 484 g/mol. The van der Waals surface area contributed by atoms with Gasteiger partial charge < -0.3 is 10.1 Å². The molecular formula is C26H35ClN4O3S. The van der Waals surface area contributed by atoms with Crippen LogP contribution < -0.4 is 16.2 Å². The summed E-state index contributed by atoms with van der Waals surface area (Å²) in [6, 6.07) is 7.80. The third-order valence-electron chi connectivity index (χ3n) is 5.45. The van der Waals surface area contributed by atoms with E-state index in [2.05, 4.69) is 29.2 Å². The van der Waals surface area contributed by atoms with Crippen molar-refractivity contribution in [2.45, 2.75) is 78.1 Å². The second kappa shape index (κ2) is 16.0. The number of hydrogen-bond donors (Lipinski definition) is 3. The number of amides is 2. The molecule has 0 aliphatic rings. The topological polar surface area (TPSA) is 103 Å². The largest absolute Gasteiger partial charge is 0.462 e. The predicted molar refractivity (Wildman–Crippen MR) is 143 cm³/mol. The first-order valence-corrected chi connectivity index (χ1v) is 13.4. The summed E-state index contributed by atoms with van der Waals surface area (Å²) in [5.41, 5.74) is 6.23. The second-order valence-corrected chi connectivity index (χ2v) is 10.1. The number of nitriles is 1. The van der Waals surface area contributed by atoms with Gasteiger partial charge in [0.15, 0.2) is 0 Å². The lowest BCUT2D eigenvalue weighted by atomic mass is 10.1. The minimum Gasteiger partial charge on any atom is -0.462 e. The number of rotatable bonds is 15. The highest BCUT2D eigenvalue weighted by atomic mass is 35.5. The van der Waals surface area contributed by atoms with Gasteiger partial charge in [0.1, 0.15) is 11.1 Å². The van der Waals surface area contributed by atoms with Gasteiger partial charge in [0.2, 0.25) is 0 Å². The standard InChI is InChI=1S/C26H35ClN4O3S/c1-3-4-5-6-7-8-9-10-11-12-15-34-25(32)20-13-14-22(27)23(17-20)29-26(33)31-30-24-21(18-28)16-19(2)35-24/h13-14,16-17,30H,3-12,15H2,1-2H3,(H2,29,31,33). The van der Waals surface area contributed by atoms with Crippen molar-refractivity contribution in [3.8, 4) is 6.07 Å². The van der Waals surface area contributed by atoms with Crippen molar-refractivity contribution in [2.24, 2.45) is 0 Å². The van der Waals surface area contributed by atoms with Crippen LogP contribution in [0, 0.1) is 18.3 Å². The van der Waals surface area contributed by atoms with Crippen molar-refractivity contribution in [1.29, 1.82) is 5.26 Å². The molecule has 0 unspecified atom stereocenters. The number of unbranched alkanes of at least 4 members (excludes halogenated alkanes) is 9. The van der Waals surface area contributed by atoms with Crippen LogP contribution >= 0.6 is 22.9 Å². The van der Waals surface area contributed by atoms with Crippen LogP contribution in [0.25, 0.3) is 0 Å². The fourth-order valence-electron chi connectivity index (χ4n) is 3.54. The molecule has 1 aromatic carbocycles. The number of carbonyl (C=O) groups excluding carboxylic acids is 2. The minimum absolute atomic E-state index is 0.280. The Morgan fingerprint density at radius 1 is 1.03 bits per heavy atom. The van der Waals surface area contributed by atoms with E-state index in [0.29, 0.717) is 22.7 Å². The van der Waals surface area contributed by atoms with E-state index < -0.39 is 12.0 Å². The molecule has 0 fully saturated rings. The zero-order valence-electron chi connectivity index (χ0n) is 20.5. The summed E-state index contributed by atoms with van der Waals surface area (Å²) in [7, 11) is 0. The minimum atomic E-state index is -0.585. The van der Waals surface area contributed by atoms with Gasteiger partial charge in [-0.05, 0) is 37.6 Å². The molecule has 1 aromatic heterocycles. The summed E-state index contributed by atoms with van der Waals surface area (Å²) < 4.78 is 5.38. The maximum atomic E-state index is 12.4. The van der Waals surface area contributed by atoms with Gasteiger partial charge in [0.25, 0.3) is 0 Å². The normalized spacial score (nSPS) is 10.5. The van der Waals surface area contributed by atoms with E-state index in [0.717, 1.165) is 24.1 Å². The molecule has 3 N–H and O–H groups in total. The molecule has 2 amide bonds. The van der Waals surface area contributed by atoms with E-state index in [1.165, 1.54) is 68.4 Å². The van der Waals surface area contributed by atoms with Crippen LogP contribution in [-0.2, 0) is 4.74 Å². The number of hydrazine groups is 1. The molecule has 35 heavy (non-hydrogen) atoms. The number of anilines is 2. The number of nitrogens with one attached hydrogen (secondary N) is 3. The molecule has 0 spiro atoms. The van der Waals surface area contributed by atoms with E-state index in [9.17, 15) is 9.59 Å². The molecule has 2 rings (SSSR count). The number of ether oxygens (including phenoxy) is 1. The summed E-state index contributed by atoms with van der Waals surface area (Å²) in [5, 5.41) is 12.6. The van der Waals surface area contributed by atoms with Crippen molar-refractivity contribution in [3.63, 3.8) is 0 Å². The smallest absolute Gasteiger partial charge is 0.338 e. The van der Waals surface area contributed by atoms with Crippen LogP contribution in [0.1, 0.15) is 91.9 Å². The zero-order chi connectivity index (χ0) is 25.5. The quantitative estimate of drug-likeness (QED) is 0.127. The van der Waals surface area contributed by atoms with Crippen LogP contribution in [0.15, 0.2) is 24.3 Å². The number of urea groups is 1. The van der Waals surface area contributed by atoms with Crippen LogP contribution in [0.5, 0.6) is 0 Å². The van der Waals surface area contributed by atoms with E-state index >= 15 is 0 Å². The van der Waals surface area contributed by atoms with E-state index in [4.69, 9.17) is 21.6 Å². The van der Waals surface area contributed by atoms with Crippen LogP contribution in [0.3, 0.4) is 0 Å². The number of esters is 1. The highest BCUT2D eigenvalue weighted by Crippen LogP contribution is 2.26. The highest BCUT2D eigenvalue weighted by molar-refractivity contribution is 7.16. The lowest BCUT2D eigenvalue weighted by Crippen LogP contribution is -2.33. The number of aryl methyl sites for hydroxylation is 1. The summed E-state index contributed by atoms with van der Waals surface area (Å²) >= 11 is 7.53. The molecule has 0 saturated carbocycles. The SMILES string of the molecule is CCCCCCCCCCCCOC(=O)c1ccc(Cl)c(NC(=O)NNc2sc(C)cc2C#N)c1. The van der Waals surface area contributed by atoms with E-state index in [1.807, 2.05) is 6.92 Å². The first kappa shape index (κ1) is 28.5. The van der Waals surface area contributed by atoms with Gasteiger partial charge in [0, 0.05) is 4.88 Å². The molecule has 0 aliphatic heterocycles. The Hall–Kier alpha value is -2.76. The van der Waals surface area contributed by atoms with Gasteiger partial charge in [0.05, 0.1) is 28.4 Å². The molecule has 190 valence electrons. The first-order chi connectivity index (χ1) is 16.9. The molecule has 1 heterocycles. The number of nitrogens with zero attached hydrogens (tertiary/aromatic N) is 1. The Morgan fingerprint density at radius 3 is 2.34 bits per heavy atom. The summed E-state index contributed by atoms with van der Waals surface area (Å²) in [6.07, 6.45) is 12.1. The third-order valence-corrected chi connectivity index (χ3v) is 6.74. The zero-order valence-corrected chi connectivity index (χ0v) is 22.1. The van der Waals surface area contributed by atoms with Gasteiger partial charge in [-0.3, -0.25) is 10.9 Å². The lowest BCUT2D eigenvalue weighted by Gasteiger charge is -2.11. The van der Waals surface area contributed by atoms with E-state index in [-0.39, 0.29) is 10.7 Å². The van der Waals surface area contributed by atoms with Gasteiger partial charge in [-0.25, -0.2) is 9.59 Å². The van der Waals surface area contributed by atoms with Crippen molar-refractivity contribution >= 4 is 45.6 Å². The Bertz CT molecular complexity index is 1000. The summed E-state index contributed by atoms with van der Waals surface area (Å²) in [5.74, 6) is -0.452. The van der Waals surface area contributed by atoms with Gasteiger partial charge >= 0.3 is 12.0 Å². The Labute approximate surface area is 217 Å². The summed E-state index contributed by atoms with van der Waals surface area (Å²) in [6.45, 7) is 4.47. The first-order valence-electron chi connectivity index (χ1n) is 12.2. The average molecular weight is 519 g/mol.